The number of carbonyl (C=O) groups is 1. The molecule has 2 aliphatic rings. The summed E-state index contributed by atoms with van der Waals surface area (Å²) < 4.78 is 13.6. The molecule has 2 fully saturated rings. The van der Waals surface area contributed by atoms with Gasteiger partial charge in [0.15, 0.2) is 0 Å². The number of hydrogen-bond acceptors (Lipinski definition) is 4. The molecule has 2 saturated heterocycles. The van der Waals surface area contributed by atoms with Crippen molar-refractivity contribution in [2.75, 3.05) is 19.6 Å². The Morgan fingerprint density at radius 3 is 2.65 bits per heavy atom. The molecule has 3 atom stereocenters. The highest BCUT2D eigenvalue weighted by Crippen LogP contribution is 2.42. The zero-order chi connectivity index (χ0) is 21.2. The van der Waals surface area contributed by atoms with E-state index >= 15 is 0 Å². The third-order valence-corrected chi connectivity index (χ3v) is 6.59. The van der Waals surface area contributed by atoms with Crippen molar-refractivity contribution in [3.8, 4) is 0 Å². The van der Waals surface area contributed by atoms with Crippen LogP contribution in [0.5, 0.6) is 0 Å². The van der Waals surface area contributed by atoms with Crippen LogP contribution in [0.25, 0.3) is 0 Å². The number of pyridine rings is 2. The van der Waals surface area contributed by atoms with Gasteiger partial charge in [0.25, 0.3) is 5.91 Å². The fourth-order valence-corrected chi connectivity index (χ4v) is 5.13. The van der Waals surface area contributed by atoms with E-state index in [0.29, 0.717) is 18.2 Å². The van der Waals surface area contributed by atoms with Crippen LogP contribution in [0.2, 0.25) is 0 Å². The van der Waals surface area contributed by atoms with E-state index in [0.717, 1.165) is 31.6 Å². The summed E-state index contributed by atoms with van der Waals surface area (Å²) in [5, 5.41) is 0. The molecule has 0 N–H and O–H groups in total. The van der Waals surface area contributed by atoms with Crippen LogP contribution in [0.4, 0.5) is 4.39 Å². The molecule has 0 saturated carbocycles. The maximum Gasteiger partial charge on any atom is 0.272 e. The van der Waals surface area contributed by atoms with E-state index in [2.05, 4.69) is 20.9 Å². The zero-order valence-corrected chi connectivity index (χ0v) is 17.3. The second-order valence-corrected chi connectivity index (χ2v) is 8.45. The molecule has 4 heterocycles. The molecule has 2 aliphatic heterocycles. The SMILES string of the molecule is O=C(c1ccccn1)N1C[C@H](c2ccc(F)cc2)[C@H]2CN(Cc3cccnc3)CC[C@H]21. The smallest absolute Gasteiger partial charge is 0.272 e. The lowest BCUT2D eigenvalue weighted by Gasteiger charge is -2.39. The van der Waals surface area contributed by atoms with Gasteiger partial charge in [-0.25, -0.2) is 4.39 Å². The molecule has 0 radical (unpaired) electrons. The zero-order valence-electron chi connectivity index (χ0n) is 17.3. The van der Waals surface area contributed by atoms with Crippen molar-refractivity contribution >= 4 is 5.91 Å². The highest BCUT2D eigenvalue weighted by Gasteiger charge is 2.47. The molecule has 2 aromatic heterocycles. The average Bonchev–Trinajstić information content (AvgIpc) is 3.19. The molecule has 0 unspecified atom stereocenters. The first-order valence-corrected chi connectivity index (χ1v) is 10.8. The number of rotatable bonds is 4. The molecular weight excluding hydrogens is 391 g/mol. The Morgan fingerprint density at radius 2 is 1.90 bits per heavy atom. The van der Waals surface area contributed by atoms with Crippen LogP contribution in [-0.2, 0) is 6.54 Å². The Hall–Kier alpha value is -3.12. The Bertz CT molecular complexity index is 1030. The molecule has 5 rings (SSSR count). The van der Waals surface area contributed by atoms with E-state index in [-0.39, 0.29) is 23.7 Å². The van der Waals surface area contributed by atoms with Crippen molar-refractivity contribution in [2.24, 2.45) is 5.92 Å². The molecule has 0 bridgehead atoms. The van der Waals surface area contributed by atoms with Crippen LogP contribution in [0, 0.1) is 11.7 Å². The first kappa shape index (κ1) is 19.8. The van der Waals surface area contributed by atoms with Crippen LogP contribution in [0.1, 0.15) is 34.0 Å². The maximum atomic E-state index is 13.6. The maximum absolute atomic E-state index is 13.6. The lowest BCUT2D eigenvalue weighted by molar-refractivity contribution is 0.0608. The number of fused-ring (bicyclic) bond motifs is 1. The van der Waals surface area contributed by atoms with Crippen LogP contribution < -0.4 is 0 Å². The van der Waals surface area contributed by atoms with Gasteiger partial charge >= 0.3 is 0 Å². The summed E-state index contributed by atoms with van der Waals surface area (Å²) in [6, 6.07) is 16.4. The van der Waals surface area contributed by atoms with Gasteiger partial charge in [-0.2, -0.15) is 0 Å². The molecular formula is C25H25FN4O. The van der Waals surface area contributed by atoms with Gasteiger partial charge in [-0.15, -0.1) is 0 Å². The second-order valence-electron chi connectivity index (χ2n) is 8.45. The van der Waals surface area contributed by atoms with Crippen molar-refractivity contribution in [3.05, 3.63) is 95.8 Å². The quantitative estimate of drug-likeness (QED) is 0.650. The summed E-state index contributed by atoms with van der Waals surface area (Å²) in [6.07, 6.45) is 6.28. The standard InChI is InChI=1S/C25H25FN4O/c26-20-8-6-19(7-9-20)21-17-30(25(31)23-5-1-2-12-28-23)24-10-13-29(16-22(21)24)15-18-4-3-11-27-14-18/h1-9,11-12,14,21-22,24H,10,13,15-17H2/t21-,22-,24-/m1/s1. The fourth-order valence-electron chi connectivity index (χ4n) is 5.13. The number of carbonyl (C=O) groups excluding carboxylic acids is 1. The third-order valence-electron chi connectivity index (χ3n) is 6.59. The molecule has 1 aromatic carbocycles. The molecule has 3 aromatic rings. The highest BCUT2D eigenvalue weighted by molar-refractivity contribution is 5.92. The topological polar surface area (TPSA) is 49.3 Å². The van der Waals surface area contributed by atoms with Gasteiger partial charge in [-0.3, -0.25) is 19.7 Å². The van der Waals surface area contributed by atoms with Gasteiger partial charge < -0.3 is 4.90 Å². The van der Waals surface area contributed by atoms with E-state index in [1.54, 1.807) is 18.5 Å². The Labute approximate surface area is 181 Å². The van der Waals surface area contributed by atoms with Gasteiger partial charge in [0.1, 0.15) is 11.5 Å². The predicted molar refractivity (Wildman–Crippen MR) is 116 cm³/mol. The molecule has 0 spiro atoms. The molecule has 0 aliphatic carbocycles. The van der Waals surface area contributed by atoms with Gasteiger partial charge in [-0.1, -0.05) is 24.3 Å². The summed E-state index contributed by atoms with van der Waals surface area (Å²) in [5.74, 6) is 0.223. The normalized spacial score (nSPS) is 23.5. The summed E-state index contributed by atoms with van der Waals surface area (Å²) in [5.41, 5.74) is 2.77. The Balaban J connectivity index is 1.41. The van der Waals surface area contributed by atoms with Gasteiger partial charge in [-0.05, 0) is 47.9 Å². The summed E-state index contributed by atoms with van der Waals surface area (Å²) in [7, 11) is 0. The molecule has 1 amide bonds. The number of benzene rings is 1. The van der Waals surface area contributed by atoms with E-state index in [1.807, 2.05) is 41.4 Å². The second kappa shape index (κ2) is 8.55. The molecule has 5 nitrogen and oxygen atoms in total. The number of likely N-dealkylation sites (tertiary alicyclic amines) is 2. The summed E-state index contributed by atoms with van der Waals surface area (Å²) in [4.78, 5) is 26.3. The van der Waals surface area contributed by atoms with Gasteiger partial charge in [0, 0.05) is 62.6 Å². The van der Waals surface area contributed by atoms with E-state index in [9.17, 15) is 9.18 Å². The van der Waals surface area contributed by atoms with Crippen molar-refractivity contribution in [1.82, 2.24) is 19.8 Å². The number of hydrogen-bond donors (Lipinski definition) is 0. The number of aromatic nitrogens is 2. The lowest BCUT2D eigenvalue weighted by atomic mass is 9.81. The van der Waals surface area contributed by atoms with Gasteiger partial charge in [0.2, 0.25) is 0 Å². The number of amides is 1. The van der Waals surface area contributed by atoms with Crippen LogP contribution in [0.3, 0.4) is 0 Å². The lowest BCUT2D eigenvalue weighted by Crippen LogP contribution is -2.47. The first-order valence-electron chi connectivity index (χ1n) is 10.8. The minimum absolute atomic E-state index is 0.0130. The van der Waals surface area contributed by atoms with E-state index < -0.39 is 0 Å². The monoisotopic (exact) mass is 416 g/mol. The number of halogens is 1. The molecule has 158 valence electrons. The highest BCUT2D eigenvalue weighted by atomic mass is 19.1. The van der Waals surface area contributed by atoms with E-state index in [4.69, 9.17) is 0 Å². The third kappa shape index (κ3) is 4.08. The minimum atomic E-state index is -0.235. The summed E-state index contributed by atoms with van der Waals surface area (Å²) in [6.45, 7) is 3.31. The average molecular weight is 417 g/mol. The van der Waals surface area contributed by atoms with Crippen molar-refractivity contribution < 1.29 is 9.18 Å². The van der Waals surface area contributed by atoms with Crippen molar-refractivity contribution in [1.29, 1.82) is 0 Å². The van der Waals surface area contributed by atoms with Crippen LogP contribution in [0.15, 0.2) is 73.2 Å². The van der Waals surface area contributed by atoms with E-state index in [1.165, 1.54) is 17.7 Å². The molecule has 31 heavy (non-hydrogen) atoms. The molecule has 6 heteroatoms. The number of nitrogens with zero attached hydrogens (tertiary/aromatic N) is 4. The van der Waals surface area contributed by atoms with Gasteiger partial charge in [0.05, 0.1) is 0 Å². The largest absolute Gasteiger partial charge is 0.333 e. The predicted octanol–water partition coefficient (Wildman–Crippen LogP) is 3.75. The summed E-state index contributed by atoms with van der Waals surface area (Å²) >= 11 is 0. The van der Waals surface area contributed by atoms with Crippen molar-refractivity contribution in [2.45, 2.75) is 24.9 Å². The van der Waals surface area contributed by atoms with Crippen molar-refractivity contribution in [3.63, 3.8) is 0 Å². The Kier molecular flexibility index (Phi) is 5.47. The van der Waals surface area contributed by atoms with Crippen LogP contribution in [-0.4, -0.2) is 51.4 Å². The first-order chi connectivity index (χ1) is 15.2. The Morgan fingerprint density at radius 1 is 1.03 bits per heavy atom. The number of piperidine rings is 1. The fraction of sp³-hybridized carbons (Fsp3) is 0.320. The minimum Gasteiger partial charge on any atom is -0.333 e. The van der Waals surface area contributed by atoms with Crippen LogP contribution >= 0.6 is 0 Å².